The van der Waals surface area contributed by atoms with Gasteiger partial charge in [-0.1, -0.05) is 79.6 Å². The lowest BCUT2D eigenvalue weighted by atomic mass is 10.4. The quantitative estimate of drug-likeness (QED) is 0.483. The SMILES string of the molecule is COC1OCC(CSSc2ccccc2)O1.OCC(O)CSSc1ccccc1. The van der Waals surface area contributed by atoms with Gasteiger partial charge in [0.2, 0.25) is 0 Å². The monoisotopic (exact) mass is 474 g/mol. The molecule has 0 saturated carbocycles. The zero-order chi connectivity index (χ0) is 20.7. The van der Waals surface area contributed by atoms with E-state index >= 15 is 0 Å². The zero-order valence-electron chi connectivity index (χ0n) is 16.1. The van der Waals surface area contributed by atoms with Crippen molar-refractivity contribution in [3.8, 4) is 0 Å². The Morgan fingerprint density at radius 1 is 1.00 bits per heavy atom. The standard InChI is InChI=1S/C11H14O3S2.C9H12O2S2/c1-12-11-13-7-9(14-11)8-15-16-10-5-3-2-4-6-10;10-6-8(11)7-12-13-9-4-2-1-3-5-9/h2-6,9,11H,7-8H2,1H3;1-5,8,10-11H,6-7H2. The second-order valence-electron chi connectivity index (χ2n) is 5.81. The molecule has 9 heteroatoms. The van der Waals surface area contributed by atoms with Gasteiger partial charge in [0.25, 0.3) is 6.48 Å². The molecular weight excluding hydrogens is 448 g/mol. The summed E-state index contributed by atoms with van der Waals surface area (Å²) < 4.78 is 15.7. The van der Waals surface area contributed by atoms with Crippen molar-refractivity contribution >= 4 is 43.2 Å². The minimum absolute atomic E-state index is 0.131. The van der Waals surface area contributed by atoms with Gasteiger partial charge in [-0.2, -0.15) is 0 Å². The van der Waals surface area contributed by atoms with E-state index in [1.54, 1.807) is 50.3 Å². The highest BCUT2D eigenvalue weighted by atomic mass is 33.1. The van der Waals surface area contributed by atoms with Crippen molar-refractivity contribution in [3.63, 3.8) is 0 Å². The maximum absolute atomic E-state index is 9.05. The average Bonchev–Trinajstić information content (AvgIpc) is 3.23. The van der Waals surface area contributed by atoms with Gasteiger partial charge in [-0.25, -0.2) is 0 Å². The normalized spacial score (nSPS) is 19.4. The average molecular weight is 475 g/mol. The van der Waals surface area contributed by atoms with E-state index in [1.807, 2.05) is 48.5 Å². The summed E-state index contributed by atoms with van der Waals surface area (Å²) in [6.07, 6.45) is -0.479. The second-order valence-corrected chi connectivity index (χ2v) is 10.6. The van der Waals surface area contributed by atoms with Crippen LogP contribution in [0.25, 0.3) is 0 Å². The molecule has 5 nitrogen and oxygen atoms in total. The molecular formula is C20H26O5S4. The van der Waals surface area contributed by atoms with Crippen LogP contribution in [0.2, 0.25) is 0 Å². The molecule has 1 fully saturated rings. The summed E-state index contributed by atoms with van der Waals surface area (Å²) in [4.78, 5) is 2.42. The van der Waals surface area contributed by atoms with Gasteiger partial charge in [0.1, 0.15) is 0 Å². The molecule has 2 aromatic rings. The molecule has 160 valence electrons. The van der Waals surface area contributed by atoms with Gasteiger partial charge >= 0.3 is 0 Å². The number of hydrogen-bond acceptors (Lipinski definition) is 9. The highest BCUT2D eigenvalue weighted by Crippen LogP contribution is 2.32. The molecule has 1 aliphatic rings. The van der Waals surface area contributed by atoms with Crippen LogP contribution >= 0.6 is 43.2 Å². The first-order valence-corrected chi connectivity index (χ1v) is 13.6. The summed E-state index contributed by atoms with van der Waals surface area (Å²) in [6.45, 7) is -0.0317. The van der Waals surface area contributed by atoms with Crippen LogP contribution in [0.15, 0.2) is 70.5 Å². The van der Waals surface area contributed by atoms with E-state index in [2.05, 4.69) is 12.1 Å². The van der Waals surface area contributed by atoms with Crippen LogP contribution in [0.4, 0.5) is 0 Å². The summed E-state index contributed by atoms with van der Waals surface area (Å²) in [7, 11) is 8.27. The third-order valence-corrected chi connectivity index (χ3v) is 8.31. The van der Waals surface area contributed by atoms with Gasteiger partial charge < -0.3 is 24.4 Å². The molecule has 0 bridgehead atoms. The number of rotatable bonds is 10. The lowest BCUT2D eigenvalue weighted by Gasteiger charge is -2.08. The number of aliphatic hydroxyl groups is 2. The highest BCUT2D eigenvalue weighted by molar-refractivity contribution is 8.77. The number of methoxy groups -OCH3 is 1. The maximum Gasteiger partial charge on any atom is 0.271 e. The van der Waals surface area contributed by atoms with Crippen molar-refractivity contribution < 1.29 is 24.4 Å². The summed E-state index contributed by atoms with van der Waals surface area (Å²) >= 11 is 0. The Labute approximate surface area is 188 Å². The van der Waals surface area contributed by atoms with E-state index in [0.29, 0.717) is 12.4 Å². The molecule has 29 heavy (non-hydrogen) atoms. The Bertz CT molecular complexity index is 650. The smallest absolute Gasteiger partial charge is 0.271 e. The number of benzene rings is 2. The van der Waals surface area contributed by atoms with Crippen molar-refractivity contribution in [3.05, 3.63) is 60.7 Å². The summed E-state index contributed by atoms with van der Waals surface area (Å²) in [5.74, 6) is 1.45. The molecule has 3 rings (SSSR count). The highest BCUT2D eigenvalue weighted by Gasteiger charge is 2.25. The number of ether oxygens (including phenoxy) is 3. The molecule has 2 N–H and O–H groups in total. The molecule has 1 saturated heterocycles. The second kappa shape index (κ2) is 15.4. The van der Waals surface area contributed by atoms with Crippen LogP contribution < -0.4 is 0 Å². The van der Waals surface area contributed by atoms with Crippen LogP contribution in [0.3, 0.4) is 0 Å². The third kappa shape index (κ3) is 11.0. The first-order chi connectivity index (χ1) is 14.2. The molecule has 0 radical (unpaired) electrons. The van der Waals surface area contributed by atoms with Crippen LogP contribution in [-0.4, -0.2) is 60.7 Å². The van der Waals surface area contributed by atoms with Crippen LogP contribution in [-0.2, 0) is 14.2 Å². The molecule has 0 amide bonds. The number of hydrogen-bond donors (Lipinski definition) is 2. The van der Waals surface area contributed by atoms with Crippen LogP contribution in [0.1, 0.15) is 0 Å². The van der Waals surface area contributed by atoms with Crippen molar-refractivity contribution in [2.24, 2.45) is 0 Å². The van der Waals surface area contributed by atoms with E-state index < -0.39 is 12.6 Å². The Balaban J connectivity index is 0.000000212. The van der Waals surface area contributed by atoms with Crippen molar-refractivity contribution in [2.75, 3.05) is 31.8 Å². The lowest BCUT2D eigenvalue weighted by Crippen LogP contribution is -2.15. The predicted molar refractivity (Wildman–Crippen MR) is 124 cm³/mol. The molecule has 0 aromatic heterocycles. The molecule has 0 aliphatic carbocycles. The molecule has 3 atom stereocenters. The van der Waals surface area contributed by atoms with Gasteiger partial charge in [-0.3, -0.25) is 0 Å². The lowest BCUT2D eigenvalue weighted by molar-refractivity contribution is -0.221. The summed E-state index contributed by atoms with van der Waals surface area (Å²) in [5, 5.41) is 17.6. The topological polar surface area (TPSA) is 68.2 Å². The first kappa shape index (κ1) is 24.9. The largest absolute Gasteiger partial charge is 0.394 e. The van der Waals surface area contributed by atoms with E-state index in [9.17, 15) is 0 Å². The number of aliphatic hydroxyl groups excluding tert-OH is 2. The van der Waals surface area contributed by atoms with E-state index in [4.69, 9.17) is 24.4 Å². The van der Waals surface area contributed by atoms with Gasteiger partial charge in [0.05, 0.1) is 25.4 Å². The fraction of sp³-hybridized carbons (Fsp3) is 0.400. The van der Waals surface area contributed by atoms with Crippen molar-refractivity contribution in [1.29, 1.82) is 0 Å². The molecule has 2 aromatic carbocycles. The van der Waals surface area contributed by atoms with Gasteiger partial charge in [-0.15, -0.1) is 0 Å². The fourth-order valence-electron chi connectivity index (χ4n) is 2.00. The molecule has 0 spiro atoms. The summed E-state index contributed by atoms with van der Waals surface area (Å²) in [6, 6.07) is 20.3. The molecule has 3 unspecified atom stereocenters. The molecule has 1 aliphatic heterocycles. The van der Waals surface area contributed by atoms with Crippen LogP contribution in [0.5, 0.6) is 0 Å². The third-order valence-electron chi connectivity index (χ3n) is 3.44. The Hall–Kier alpha value is -0.360. The Kier molecular flexibility index (Phi) is 13.3. The van der Waals surface area contributed by atoms with E-state index in [-0.39, 0.29) is 12.7 Å². The minimum atomic E-state index is -0.610. The van der Waals surface area contributed by atoms with Gasteiger partial charge in [-0.05, 0) is 24.3 Å². The fourth-order valence-corrected chi connectivity index (χ4v) is 6.35. The van der Waals surface area contributed by atoms with Crippen LogP contribution in [0, 0.1) is 0 Å². The maximum atomic E-state index is 9.05. The zero-order valence-corrected chi connectivity index (χ0v) is 19.4. The van der Waals surface area contributed by atoms with E-state index in [0.717, 1.165) is 10.6 Å². The first-order valence-electron chi connectivity index (χ1n) is 8.99. The Morgan fingerprint density at radius 2 is 1.59 bits per heavy atom. The van der Waals surface area contributed by atoms with E-state index in [1.165, 1.54) is 4.90 Å². The van der Waals surface area contributed by atoms with Crippen molar-refractivity contribution in [1.82, 2.24) is 0 Å². The van der Waals surface area contributed by atoms with Gasteiger partial charge in [0, 0.05) is 28.4 Å². The molecule has 1 heterocycles. The predicted octanol–water partition coefficient (Wildman–Crippen LogP) is 4.55. The minimum Gasteiger partial charge on any atom is -0.394 e. The van der Waals surface area contributed by atoms with Crippen molar-refractivity contribution in [2.45, 2.75) is 28.5 Å². The Morgan fingerprint density at radius 3 is 2.10 bits per heavy atom. The summed E-state index contributed by atoms with van der Waals surface area (Å²) in [5.41, 5.74) is 0. The van der Waals surface area contributed by atoms with Gasteiger partial charge in [0.15, 0.2) is 0 Å².